The van der Waals surface area contributed by atoms with Crippen molar-refractivity contribution in [2.75, 3.05) is 43.0 Å². The highest BCUT2D eigenvalue weighted by molar-refractivity contribution is 5.98. The van der Waals surface area contributed by atoms with Crippen LogP contribution in [0.15, 0.2) is 42.6 Å². The lowest BCUT2D eigenvalue weighted by molar-refractivity contribution is 0.0745. The third-order valence-electron chi connectivity index (χ3n) is 5.80. The second-order valence-corrected chi connectivity index (χ2v) is 9.51. The van der Waals surface area contributed by atoms with Gasteiger partial charge >= 0.3 is 0 Å². The minimum absolute atomic E-state index is 0.0406. The number of amides is 2. The fourth-order valence-electron chi connectivity index (χ4n) is 4.16. The number of anilines is 2. The topological polar surface area (TPSA) is 97.8 Å². The second kappa shape index (κ2) is 11.8. The molecule has 0 radical (unpaired) electrons. The van der Waals surface area contributed by atoms with E-state index in [1.165, 1.54) is 0 Å². The van der Waals surface area contributed by atoms with Gasteiger partial charge in [-0.2, -0.15) is 0 Å². The quantitative estimate of drug-likeness (QED) is 0.525. The lowest BCUT2D eigenvalue weighted by Gasteiger charge is -2.36. The van der Waals surface area contributed by atoms with E-state index in [9.17, 15) is 14.7 Å². The van der Waals surface area contributed by atoms with Crippen LogP contribution in [0.5, 0.6) is 0 Å². The summed E-state index contributed by atoms with van der Waals surface area (Å²) in [5.74, 6) is 1.00. The Morgan fingerprint density at radius 3 is 2.24 bits per heavy atom. The molecule has 3 N–H and O–H groups in total. The summed E-state index contributed by atoms with van der Waals surface area (Å²) >= 11 is 0. The van der Waals surface area contributed by atoms with Crippen molar-refractivity contribution in [1.82, 2.24) is 15.2 Å². The lowest BCUT2D eigenvalue weighted by atomic mass is 10.0. The molecule has 1 aromatic heterocycles. The number of benzene rings is 1. The normalized spacial score (nSPS) is 14.9. The third kappa shape index (κ3) is 6.70. The molecule has 1 fully saturated rings. The Bertz CT molecular complexity index is 953. The number of rotatable bonds is 9. The maximum absolute atomic E-state index is 13.0. The summed E-state index contributed by atoms with van der Waals surface area (Å²) < 4.78 is 0. The van der Waals surface area contributed by atoms with Crippen molar-refractivity contribution < 1.29 is 14.7 Å². The average Bonchev–Trinajstić information content (AvgIpc) is 2.83. The number of hydrogen-bond donors (Lipinski definition) is 3. The van der Waals surface area contributed by atoms with Crippen LogP contribution < -0.4 is 15.5 Å². The number of aliphatic hydroxyl groups is 1. The maximum atomic E-state index is 13.0. The first-order valence-corrected chi connectivity index (χ1v) is 12.1. The van der Waals surface area contributed by atoms with Gasteiger partial charge < -0.3 is 25.5 Å². The highest BCUT2D eigenvalue weighted by Gasteiger charge is 2.24. The average molecular weight is 468 g/mol. The third-order valence-corrected chi connectivity index (χ3v) is 5.80. The Kier molecular flexibility index (Phi) is 8.87. The zero-order valence-electron chi connectivity index (χ0n) is 20.6. The van der Waals surface area contributed by atoms with E-state index in [2.05, 4.69) is 34.4 Å². The van der Waals surface area contributed by atoms with Crippen molar-refractivity contribution in [2.24, 2.45) is 5.92 Å². The number of piperazine rings is 1. The van der Waals surface area contributed by atoms with Gasteiger partial charge in [-0.05, 0) is 62.6 Å². The first kappa shape index (κ1) is 25.5. The Morgan fingerprint density at radius 2 is 1.65 bits per heavy atom. The van der Waals surface area contributed by atoms with Crippen LogP contribution in [0.1, 0.15) is 54.8 Å². The molecule has 34 heavy (non-hydrogen) atoms. The van der Waals surface area contributed by atoms with E-state index < -0.39 is 0 Å². The van der Waals surface area contributed by atoms with E-state index in [-0.39, 0.29) is 24.5 Å². The molecular weight excluding hydrogens is 430 g/mol. The molecule has 0 bridgehead atoms. The van der Waals surface area contributed by atoms with Gasteiger partial charge in [0.2, 0.25) is 0 Å². The van der Waals surface area contributed by atoms with Crippen molar-refractivity contribution in [3.05, 3.63) is 53.7 Å². The van der Waals surface area contributed by atoms with Crippen LogP contribution >= 0.6 is 0 Å². The van der Waals surface area contributed by atoms with Gasteiger partial charge in [0.25, 0.3) is 11.8 Å². The van der Waals surface area contributed by atoms with Gasteiger partial charge in [0.1, 0.15) is 0 Å². The molecule has 0 unspecified atom stereocenters. The number of aromatic nitrogens is 1. The maximum Gasteiger partial charge on any atom is 0.253 e. The molecule has 184 valence electrons. The Labute approximate surface area is 202 Å². The minimum Gasteiger partial charge on any atom is -0.394 e. The van der Waals surface area contributed by atoms with Gasteiger partial charge in [-0.15, -0.1) is 0 Å². The zero-order chi connectivity index (χ0) is 24.7. The molecule has 0 saturated carbocycles. The zero-order valence-corrected chi connectivity index (χ0v) is 20.6. The predicted octanol–water partition coefficient (Wildman–Crippen LogP) is 3.00. The summed E-state index contributed by atoms with van der Waals surface area (Å²) in [7, 11) is 0. The van der Waals surface area contributed by atoms with Crippen LogP contribution in [0.2, 0.25) is 0 Å². The molecule has 8 nitrogen and oxygen atoms in total. The number of nitrogens with one attached hydrogen (secondary N) is 2. The fraction of sp³-hybridized carbons (Fsp3) is 0.500. The summed E-state index contributed by atoms with van der Waals surface area (Å²) in [4.78, 5) is 34.1. The molecule has 2 amide bonds. The Hall–Kier alpha value is -3.13. The molecule has 1 aliphatic heterocycles. The molecule has 8 heteroatoms. The van der Waals surface area contributed by atoms with Crippen LogP contribution in [0.4, 0.5) is 11.5 Å². The summed E-state index contributed by atoms with van der Waals surface area (Å²) in [6.45, 7) is 10.8. The fourth-order valence-corrected chi connectivity index (χ4v) is 4.16. The Morgan fingerprint density at radius 1 is 1.00 bits per heavy atom. The second-order valence-electron chi connectivity index (χ2n) is 9.51. The van der Waals surface area contributed by atoms with Crippen LogP contribution in [0, 0.1) is 5.92 Å². The van der Waals surface area contributed by atoms with Crippen molar-refractivity contribution in [3.63, 3.8) is 0 Å². The molecule has 1 saturated heterocycles. The molecule has 2 heterocycles. The van der Waals surface area contributed by atoms with Crippen molar-refractivity contribution >= 4 is 23.3 Å². The molecule has 1 aliphatic rings. The van der Waals surface area contributed by atoms with Gasteiger partial charge in [0.15, 0.2) is 5.82 Å². The number of carbonyl (C=O) groups is 2. The van der Waals surface area contributed by atoms with E-state index in [4.69, 9.17) is 0 Å². The number of carbonyl (C=O) groups excluding carboxylic acids is 2. The molecule has 3 rings (SSSR count). The number of pyridine rings is 1. The van der Waals surface area contributed by atoms with Crippen LogP contribution in [0.3, 0.4) is 0 Å². The van der Waals surface area contributed by atoms with Crippen LogP contribution in [-0.4, -0.2) is 71.7 Å². The smallest absolute Gasteiger partial charge is 0.253 e. The number of hydrogen-bond acceptors (Lipinski definition) is 6. The van der Waals surface area contributed by atoms with Gasteiger partial charge in [-0.1, -0.05) is 13.8 Å². The summed E-state index contributed by atoms with van der Waals surface area (Å²) in [6, 6.07) is 10.7. The molecule has 0 aliphatic carbocycles. The first-order valence-electron chi connectivity index (χ1n) is 12.1. The summed E-state index contributed by atoms with van der Waals surface area (Å²) in [5, 5.41) is 15.8. The predicted molar refractivity (Wildman–Crippen MR) is 135 cm³/mol. The van der Waals surface area contributed by atoms with E-state index in [0.29, 0.717) is 55.7 Å². The number of nitrogens with zero attached hydrogens (tertiary/aromatic N) is 3. The van der Waals surface area contributed by atoms with E-state index in [1.54, 1.807) is 30.5 Å². The standard InChI is InChI=1S/C26H37N5O3/c1-18(2)16-22(17-32)29-25(33)20-7-9-21(10-8-20)26(34)31-14-12-30(13-15-31)24-23(28-19(3)4)6-5-11-27-24/h5-11,18-19,22,28,32H,12-17H2,1-4H3,(H,29,33)/t22-/m1/s1. The summed E-state index contributed by atoms with van der Waals surface area (Å²) in [6.07, 6.45) is 2.50. The van der Waals surface area contributed by atoms with Gasteiger partial charge in [-0.3, -0.25) is 9.59 Å². The van der Waals surface area contributed by atoms with Crippen LogP contribution in [0.25, 0.3) is 0 Å². The van der Waals surface area contributed by atoms with Gasteiger partial charge in [0.05, 0.1) is 18.3 Å². The molecule has 0 spiro atoms. The van der Waals surface area contributed by atoms with Crippen molar-refractivity contribution in [1.29, 1.82) is 0 Å². The van der Waals surface area contributed by atoms with E-state index >= 15 is 0 Å². The number of aliphatic hydroxyl groups excluding tert-OH is 1. The monoisotopic (exact) mass is 467 g/mol. The largest absolute Gasteiger partial charge is 0.394 e. The van der Waals surface area contributed by atoms with Crippen molar-refractivity contribution in [3.8, 4) is 0 Å². The molecular formula is C26H37N5O3. The SMILES string of the molecule is CC(C)C[C@H](CO)NC(=O)c1ccc(C(=O)N2CCN(c3ncccc3NC(C)C)CC2)cc1. The first-order chi connectivity index (χ1) is 16.3. The molecule has 2 aromatic rings. The summed E-state index contributed by atoms with van der Waals surface area (Å²) in [5.41, 5.74) is 2.04. The molecule has 1 atom stereocenters. The van der Waals surface area contributed by atoms with Crippen molar-refractivity contribution in [2.45, 2.75) is 46.2 Å². The highest BCUT2D eigenvalue weighted by Crippen LogP contribution is 2.25. The lowest BCUT2D eigenvalue weighted by Crippen LogP contribution is -2.49. The van der Waals surface area contributed by atoms with Crippen LogP contribution in [-0.2, 0) is 0 Å². The van der Waals surface area contributed by atoms with Gasteiger partial charge in [-0.25, -0.2) is 4.98 Å². The molecule has 1 aromatic carbocycles. The highest BCUT2D eigenvalue weighted by atomic mass is 16.3. The van der Waals surface area contributed by atoms with E-state index in [0.717, 1.165) is 11.5 Å². The Balaban J connectivity index is 1.58. The van der Waals surface area contributed by atoms with E-state index in [1.807, 2.05) is 30.9 Å². The minimum atomic E-state index is -0.277. The van der Waals surface area contributed by atoms with Gasteiger partial charge in [0, 0.05) is 49.5 Å².